The average molecular weight is 450 g/mol. The highest BCUT2D eigenvalue weighted by atomic mass is 35.5. The van der Waals surface area contributed by atoms with Crippen LogP contribution in [0.4, 0.5) is 0 Å². The summed E-state index contributed by atoms with van der Waals surface area (Å²) in [6, 6.07) is 21.9. The van der Waals surface area contributed by atoms with Crippen LogP contribution in [0.1, 0.15) is 29.1 Å². The normalized spacial score (nSPS) is 11.8. The molecule has 0 bridgehead atoms. The Morgan fingerprint density at radius 3 is 2.59 bits per heavy atom. The quantitative estimate of drug-likeness (QED) is 0.398. The van der Waals surface area contributed by atoms with E-state index in [0.29, 0.717) is 23.7 Å². The number of amides is 1. The molecule has 32 heavy (non-hydrogen) atoms. The Morgan fingerprint density at radius 1 is 1.06 bits per heavy atom. The minimum absolute atomic E-state index is 0.180. The largest absolute Gasteiger partial charge is 0.497 e. The van der Waals surface area contributed by atoms with Crippen molar-refractivity contribution in [1.82, 2.24) is 14.9 Å². The van der Waals surface area contributed by atoms with Gasteiger partial charge in [-0.15, -0.1) is 0 Å². The third-order valence-corrected chi connectivity index (χ3v) is 5.40. The first-order valence-electron chi connectivity index (χ1n) is 10.3. The number of imidazole rings is 1. The molecule has 0 saturated heterocycles. The van der Waals surface area contributed by atoms with Crippen molar-refractivity contribution in [2.24, 2.45) is 0 Å². The summed E-state index contributed by atoms with van der Waals surface area (Å²) in [5.74, 6) is 2.07. The van der Waals surface area contributed by atoms with E-state index < -0.39 is 0 Å². The third-order valence-electron chi connectivity index (χ3n) is 5.15. The van der Waals surface area contributed by atoms with Crippen molar-refractivity contribution in [1.29, 1.82) is 0 Å². The monoisotopic (exact) mass is 449 g/mol. The molecule has 7 heteroatoms. The highest BCUT2D eigenvalue weighted by Crippen LogP contribution is 2.23. The molecule has 6 nitrogen and oxygen atoms in total. The summed E-state index contributed by atoms with van der Waals surface area (Å²) in [4.78, 5) is 17.5. The molecule has 0 spiro atoms. The highest BCUT2D eigenvalue weighted by molar-refractivity contribution is 6.30. The number of fused-ring (bicyclic) bond motifs is 1. The molecule has 1 amide bonds. The molecule has 1 unspecified atom stereocenters. The second kappa shape index (κ2) is 9.75. The summed E-state index contributed by atoms with van der Waals surface area (Å²) < 4.78 is 13.3. The maximum absolute atomic E-state index is 12.7. The van der Waals surface area contributed by atoms with Crippen LogP contribution in [0.3, 0.4) is 0 Å². The van der Waals surface area contributed by atoms with Gasteiger partial charge < -0.3 is 19.4 Å². The summed E-state index contributed by atoms with van der Waals surface area (Å²) in [6.45, 7) is 2.95. The Kier molecular flexibility index (Phi) is 6.61. The topological polar surface area (TPSA) is 65.4 Å². The molecule has 4 rings (SSSR count). The lowest BCUT2D eigenvalue weighted by molar-refractivity contribution is 0.0937. The zero-order valence-corrected chi connectivity index (χ0v) is 18.7. The fourth-order valence-electron chi connectivity index (χ4n) is 3.55. The van der Waals surface area contributed by atoms with Gasteiger partial charge in [0.25, 0.3) is 5.91 Å². The van der Waals surface area contributed by atoms with Crippen LogP contribution in [0.5, 0.6) is 11.5 Å². The van der Waals surface area contributed by atoms with E-state index in [4.69, 9.17) is 26.1 Å². The van der Waals surface area contributed by atoms with E-state index in [9.17, 15) is 4.79 Å². The number of ether oxygens (including phenoxy) is 2. The first kappa shape index (κ1) is 21.7. The number of methoxy groups -OCH3 is 1. The van der Waals surface area contributed by atoms with Crippen molar-refractivity contribution in [3.8, 4) is 11.5 Å². The standard InChI is InChI=1S/C25H24ClN3O3/c1-17(27-25(30)18-10-12-19(26)13-11-18)24-28-22-8-3-4-9-23(22)29(24)14-15-32-21-7-5-6-20(16-21)31-2/h3-13,16-17H,14-15H2,1-2H3,(H,27,30). The SMILES string of the molecule is COc1cccc(OCCn2c(C(C)NC(=O)c3ccc(Cl)cc3)nc3ccccc32)c1. The molecule has 1 aromatic heterocycles. The van der Waals surface area contributed by atoms with Gasteiger partial charge in [0.05, 0.1) is 30.7 Å². The van der Waals surface area contributed by atoms with Crippen LogP contribution in [0.2, 0.25) is 5.02 Å². The van der Waals surface area contributed by atoms with Crippen molar-refractivity contribution >= 4 is 28.5 Å². The number of hydrogen-bond acceptors (Lipinski definition) is 4. The number of para-hydroxylation sites is 2. The third kappa shape index (κ3) is 4.86. The van der Waals surface area contributed by atoms with Crippen molar-refractivity contribution < 1.29 is 14.3 Å². The lowest BCUT2D eigenvalue weighted by Crippen LogP contribution is -2.29. The summed E-state index contributed by atoms with van der Waals surface area (Å²) in [5, 5.41) is 3.62. The fourth-order valence-corrected chi connectivity index (χ4v) is 3.68. The smallest absolute Gasteiger partial charge is 0.251 e. The maximum atomic E-state index is 12.7. The second-order valence-corrected chi connectivity index (χ2v) is 7.78. The van der Waals surface area contributed by atoms with Gasteiger partial charge in [-0.1, -0.05) is 29.8 Å². The van der Waals surface area contributed by atoms with Crippen LogP contribution >= 0.6 is 11.6 Å². The van der Waals surface area contributed by atoms with E-state index in [1.54, 1.807) is 31.4 Å². The van der Waals surface area contributed by atoms with E-state index in [2.05, 4.69) is 9.88 Å². The summed E-state index contributed by atoms with van der Waals surface area (Å²) >= 11 is 5.93. The fraction of sp³-hybridized carbons (Fsp3) is 0.200. The van der Waals surface area contributed by atoms with Crippen LogP contribution in [-0.2, 0) is 6.54 Å². The van der Waals surface area contributed by atoms with E-state index >= 15 is 0 Å². The van der Waals surface area contributed by atoms with Crippen LogP contribution in [-0.4, -0.2) is 29.2 Å². The highest BCUT2D eigenvalue weighted by Gasteiger charge is 2.19. The number of halogens is 1. The summed E-state index contributed by atoms with van der Waals surface area (Å²) in [6.07, 6.45) is 0. The molecular formula is C25H24ClN3O3. The molecule has 4 aromatic rings. The molecule has 0 saturated carbocycles. The van der Waals surface area contributed by atoms with Crippen molar-refractivity contribution in [3.63, 3.8) is 0 Å². The summed E-state index contributed by atoms with van der Waals surface area (Å²) in [7, 11) is 1.63. The van der Waals surface area contributed by atoms with Crippen LogP contribution in [0, 0.1) is 0 Å². The van der Waals surface area contributed by atoms with E-state index in [1.807, 2.05) is 55.5 Å². The second-order valence-electron chi connectivity index (χ2n) is 7.34. The molecule has 1 N–H and O–H groups in total. The van der Waals surface area contributed by atoms with Gasteiger partial charge in [0, 0.05) is 16.7 Å². The van der Waals surface area contributed by atoms with Gasteiger partial charge >= 0.3 is 0 Å². The van der Waals surface area contributed by atoms with Gasteiger partial charge in [-0.05, 0) is 55.5 Å². The summed E-state index contributed by atoms with van der Waals surface area (Å²) in [5.41, 5.74) is 2.41. The number of benzene rings is 3. The maximum Gasteiger partial charge on any atom is 0.251 e. The Bertz CT molecular complexity index is 1220. The lowest BCUT2D eigenvalue weighted by atomic mass is 10.2. The van der Waals surface area contributed by atoms with Crippen LogP contribution in [0.15, 0.2) is 72.8 Å². The Balaban J connectivity index is 1.52. The predicted molar refractivity (Wildman–Crippen MR) is 126 cm³/mol. The van der Waals surface area contributed by atoms with Crippen molar-refractivity contribution in [2.75, 3.05) is 13.7 Å². The zero-order chi connectivity index (χ0) is 22.5. The number of hydrogen-bond donors (Lipinski definition) is 1. The Hall–Kier alpha value is -3.51. The number of carbonyl (C=O) groups is 1. The van der Waals surface area contributed by atoms with Gasteiger partial charge in [0.1, 0.15) is 23.9 Å². The number of nitrogens with zero attached hydrogens (tertiary/aromatic N) is 2. The van der Waals surface area contributed by atoms with E-state index in [-0.39, 0.29) is 11.9 Å². The molecule has 3 aromatic carbocycles. The Morgan fingerprint density at radius 2 is 1.81 bits per heavy atom. The minimum atomic E-state index is -0.303. The molecule has 0 aliphatic heterocycles. The van der Waals surface area contributed by atoms with Gasteiger partial charge in [-0.25, -0.2) is 4.98 Å². The zero-order valence-electron chi connectivity index (χ0n) is 17.9. The molecule has 1 heterocycles. The minimum Gasteiger partial charge on any atom is -0.497 e. The molecule has 164 valence electrons. The van der Waals surface area contributed by atoms with Gasteiger partial charge in [0.2, 0.25) is 0 Å². The molecule has 0 fully saturated rings. The number of nitrogens with one attached hydrogen (secondary N) is 1. The van der Waals surface area contributed by atoms with E-state index in [0.717, 1.165) is 28.4 Å². The van der Waals surface area contributed by atoms with Gasteiger partial charge in [-0.2, -0.15) is 0 Å². The number of carbonyl (C=O) groups excluding carboxylic acids is 1. The van der Waals surface area contributed by atoms with Crippen molar-refractivity contribution in [3.05, 3.63) is 89.2 Å². The molecule has 0 radical (unpaired) electrons. The Labute approximate surface area is 191 Å². The van der Waals surface area contributed by atoms with Crippen LogP contribution in [0.25, 0.3) is 11.0 Å². The molecular weight excluding hydrogens is 426 g/mol. The number of aromatic nitrogens is 2. The van der Waals surface area contributed by atoms with Gasteiger partial charge in [0.15, 0.2) is 0 Å². The number of rotatable bonds is 8. The van der Waals surface area contributed by atoms with Crippen molar-refractivity contribution in [2.45, 2.75) is 19.5 Å². The first-order valence-corrected chi connectivity index (χ1v) is 10.7. The molecule has 1 atom stereocenters. The molecule has 0 aliphatic carbocycles. The van der Waals surface area contributed by atoms with Crippen LogP contribution < -0.4 is 14.8 Å². The van der Waals surface area contributed by atoms with E-state index in [1.165, 1.54) is 0 Å². The van der Waals surface area contributed by atoms with Gasteiger partial charge in [-0.3, -0.25) is 4.79 Å². The lowest BCUT2D eigenvalue weighted by Gasteiger charge is -2.17. The first-order chi connectivity index (χ1) is 15.5. The molecule has 0 aliphatic rings. The predicted octanol–water partition coefficient (Wildman–Crippen LogP) is 5.27. The average Bonchev–Trinajstić information content (AvgIpc) is 3.18.